The Balaban J connectivity index is 2.79. The molecule has 1 N–H and O–H groups in total. The second-order valence-electron chi connectivity index (χ2n) is 5.59. The Kier molecular flexibility index (Phi) is 6.73. The molecule has 0 aliphatic carbocycles. The average Bonchev–Trinajstić information content (AvgIpc) is 2.41. The van der Waals surface area contributed by atoms with Crippen LogP contribution in [0.25, 0.3) is 0 Å². The van der Waals surface area contributed by atoms with Gasteiger partial charge in [-0.25, -0.2) is 0 Å². The van der Waals surface area contributed by atoms with Gasteiger partial charge in [0.2, 0.25) is 0 Å². The minimum Gasteiger partial charge on any atom is -0.469 e. The molecule has 0 aliphatic rings. The fourth-order valence-electron chi connectivity index (χ4n) is 2.34. The Morgan fingerprint density at radius 1 is 1.35 bits per heavy atom. The maximum absolute atomic E-state index is 11.6. The maximum Gasteiger partial charge on any atom is 0.307 e. The number of carbonyl (C=O) groups is 1. The van der Waals surface area contributed by atoms with Crippen molar-refractivity contribution in [3.05, 3.63) is 34.9 Å². The summed E-state index contributed by atoms with van der Waals surface area (Å²) < 4.78 is 4.80. The number of benzene rings is 1. The Bertz CT molecular complexity index is 443. The van der Waals surface area contributed by atoms with Gasteiger partial charge in [0.05, 0.1) is 13.5 Å². The van der Waals surface area contributed by atoms with Crippen LogP contribution in [0.3, 0.4) is 0 Å². The third-order valence-corrected chi connectivity index (χ3v) is 3.74. The van der Waals surface area contributed by atoms with E-state index in [1.54, 1.807) is 0 Å². The highest BCUT2D eigenvalue weighted by molar-refractivity contribution is 5.70. The summed E-state index contributed by atoms with van der Waals surface area (Å²) in [4.78, 5) is 11.6. The van der Waals surface area contributed by atoms with Gasteiger partial charge in [0.15, 0.2) is 0 Å². The van der Waals surface area contributed by atoms with Crippen LogP contribution in [-0.4, -0.2) is 25.2 Å². The van der Waals surface area contributed by atoms with E-state index in [4.69, 9.17) is 4.74 Å². The Morgan fingerprint density at radius 3 is 2.60 bits per heavy atom. The van der Waals surface area contributed by atoms with Gasteiger partial charge >= 0.3 is 5.97 Å². The van der Waals surface area contributed by atoms with Crippen molar-refractivity contribution in [3.8, 4) is 0 Å². The van der Waals surface area contributed by atoms with E-state index in [0.717, 1.165) is 12.8 Å². The highest BCUT2D eigenvalue weighted by Gasteiger charge is 2.17. The van der Waals surface area contributed by atoms with Gasteiger partial charge in [0.1, 0.15) is 0 Å². The molecule has 1 aromatic carbocycles. The van der Waals surface area contributed by atoms with E-state index in [2.05, 4.69) is 51.2 Å². The molecular formula is C17H27NO2. The molecule has 0 aliphatic heterocycles. The summed E-state index contributed by atoms with van der Waals surface area (Å²) in [6.45, 7) is 8.51. The molecule has 1 rings (SSSR count). The molecule has 2 unspecified atom stereocenters. The van der Waals surface area contributed by atoms with Crippen molar-refractivity contribution >= 4 is 5.97 Å². The maximum atomic E-state index is 11.6. The normalized spacial score (nSPS) is 13.8. The van der Waals surface area contributed by atoms with Crippen LogP contribution in [0.1, 0.15) is 43.4 Å². The molecule has 2 atom stereocenters. The topological polar surface area (TPSA) is 38.3 Å². The van der Waals surface area contributed by atoms with Gasteiger partial charge in [-0.15, -0.1) is 0 Å². The molecule has 0 fully saturated rings. The Hall–Kier alpha value is -1.35. The van der Waals surface area contributed by atoms with Crippen molar-refractivity contribution in [1.82, 2.24) is 5.32 Å². The van der Waals surface area contributed by atoms with Gasteiger partial charge < -0.3 is 10.1 Å². The summed E-state index contributed by atoms with van der Waals surface area (Å²) >= 11 is 0. The summed E-state index contributed by atoms with van der Waals surface area (Å²) in [7, 11) is 1.44. The van der Waals surface area contributed by atoms with E-state index in [-0.39, 0.29) is 12.0 Å². The average molecular weight is 277 g/mol. The van der Waals surface area contributed by atoms with Crippen LogP contribution in [0.2, 0.25) is 0 Å². The highest BCUT2D eigenvalue weighted by atomic mass is 16.5. The first-order valence-electron chi connectivity index (χ1n) is 7.35. The molecule has 20 heavy (non-hydrogen) atoms. The monoisotopic (exact) mass is 277 g/mol. The van der Waals surface area contributed by atoms with Crippen LogP contribution >= 0.6 is 0 Å². The third kappa shape index (κ3) is 5.33. The number of esters is 1. The van der Waals surface area contributed by atoms with Crippen LogP contribution in [0.4, 0.5) is 0 Å². The summed E-state index contributed by atoms with van der Waals surface area (Å²) in [6.07, 6.45) is 2.31. The number of rotatable bonds is 7. The number of aryl methyl sites for hydroxylation is 2. The molecule has 0 amide bonds. The van der Waals surface area contributed by atoms with Crippen LogP contribution in [0.15, 0.2) is 18.2 Å². The van der Waals surface area contributed by atoms with E-state index in [0.29, 0.717) is 12.5 Å². The lowest BCUT2D eigenvalue weighted by Crippen LogP contribution is -2.39. The first kappa shape index (κ1) is 16.7. The standard InChI is InChI=1S/C17H27NO2/c1-6-14(4)18-16(11-17(19)20-5)10-15-8-7-12(2)9-13(15)3/h7-9,14,16,18H,6,10-11H2,1-5H3. The zero-order valence-corrected chi connectivity index (χ0v) is 13.3. The lowest BCUT2D eigenvalue weighted by molar-refractivity contribution is -0.141. The van der Waals surface area contributed by atoms with E-state index < -0.39 is 0 Å². The second-order valence-corrected chi connectivity index (χ2v) is 5.59. The summed E-state index contributed by atoms with van der Waals surface area (Å²) in [5.74, 6) is -0.157. The SMILES string of the molecule is CCC(C)NC(CC(=O)OC)Cc1ccc(C)cc1C. The molecule has 0 saturated carbocycles. The first-order chi connectivity index (χ1) is 9.46. The molecule has 0 spiro atoms. The largest absolute Gasteiger partial charge is 0.469 e. The number of carbonyl (C=O) groups excluding carboxylic acids is 1. The van der Waals surface area contributed by atoms with Gasteiger partial charge in [0.25, 0.3) is 0 Å². The van der Waals surface area contributed by atoms with E-state index in [9.17, 15) is 4.79 Å². The highest BCUT2D eigenvalue weighted by Crippen LogP contribution is 2.15. The van der Waals surface area contributed by atoms with Crippen molar-refractivity contribution in [2.24, 2.45) is 0 Å². The van der Waals surface area contributed by atoms with E-state index in [1.807, 2.05) is 0 Å². The Labute approximate surface area is 122 Å². The van der Waals surface area contributed by atoms with Crippen molar-refractivity contribution in [2.45, 2.75) is 59.0 Å². The summed E-state index contributed by atoms with van der Waals surface area (Å²) in [5, 5.41) is 3.52. The van der Waals surface area contributed by atoms with Gasteiger partial charge in [-0.2, -0.15) is 0 Å². The molecule has 3 nitrogen and oxygen atoms in total. The van der Waals surface area contributed by atoms with E-state index >= 15 is 0 Å². The fourth-order valence-corrected chi connectivity index (χ4v) is 2.34. The van der Waals surface area contributed by atoms with Gasteiger partial charge in [-0.05, 0) is 44.7 Å². The minimum atomic E-state index is -0.157. The van der Waals surface area contributed by atoms with Crippen LogP contribution < -0.4 is 5.32 Å². The fraction of sp³-hybridized carbons (Fsp3) is 0.588. The lowest BCUT2D eigenvalue weighted by Gasteiger charge is -2.23. The Morgan fingerprint density at radius 2 is 2.05 bits per heavy atom. The predicted octanol–water partition coefficient (Wildman–Crippen LogP) is 3.17. The molecule has 0 radical (unpaired) electrons. The van der Waals surface area contributed by atoms with Crippen molar-refractivity contribution < 1.29 is 9.53 Å². The number of nitrogens with one attached hydrogen (secondary N) is 1. The zero-order chi connectivity index (χ0) is 15.1. The van der Waals surface area contributed by atoms with Crippen LogP contribution in [0.5, 0.6) is 0 Å². The van der Waals surface area contributed by atoms with Crippen LogP contribution in [0, 0.1) is 13.8 Å². The molecule has 0 saturated heterocycles. The summed E-state index contributed by atoms with van der Waals surface area (Å²) in [6, 6.07) is 7.00. The summed E-state index contributed by atoms with van der Waals surface area (Å²) in [5.41, 5.74) is 3.84. The van der Waals surface area contributed by atoms with Crippen molar-refractivity contribution in [1.29, 1.82) is 0 Å². The number of ether oxygens (including phenoxy) is 1. The first-order valence-corrected chi connectivity index (χ1v) is 7.35. The van der Waals surface area contributed by atoms with Crippen LogP contribution in [-0.2, 0) is 16.0 Å². The van der Waals surface area contributed by atoms with Gasteiger partial charge in [-0.3, -0.25) is 4.79 Å². The van der Waals surface area contributed by atoms with E-state index in [1.165, 1.54) is 23.8 Å². The predicted molar refractivity (Wildman–Crippen MR) is 82.9 cm³/mol. The van der Waals surface area contributed by atoms with Gasteiger partial charge in [-0.1, -0.05) is 30.7 Å². The number of hydrogen-bond acceptors (Lipinski definition) is 3. The molecule has 3 heteroatoms. The molecule has 0 aromatic heterocycles. The second kappa shape index (κ2) is 8.05. The third-order valence-electron chi connectivity index (χ3n) is 3.74. The number of methoxy groups -OCH3 is 1. The van der Waals surface area contributed by atoms with Gasteiger partial charge in [0, 0.05) is 12.1 Å². The molecule has 0 heterocycles. The molecule has 0 bridgehead atoms. The van der Waals surface area contributed by atoms with Crippen molar-refractivity contribution in [3.63, 3.8) is 0 Å². The minimum absolute atomic E-state index is 0.124. The number of hydrogen-bond donors (Lipinski definition) is 1. The molecule has 112 valence electrons. The quantitative estimate of drug-likeness (QED) is 0.778. The lowest BCUT2D eigenvalue weighted by atomic mass is 9.97. The van der Waals surface area contributed by atoms with Crippen molar-refractivity contribution in [2.75, 3.05) is 7.11 Å². The smallest absolute Gasteiger partial charge is 0.307 e. The molecule has 1 aromatic rings. The zero-order valence-electron chi connectivity index (χ0n) is 13.3. The molecular weight excluding hydrogens is 250 g/mol.